The number of hydrogen-bond donors (Lipinski definition) is 1. The van der Waals surface area contributed by atoms with Gasteiger partial charge in [0.1, 0.15) is 5.75 Å². The number of rotatable bonds is 3. The number of aromatic hydroxyl groups is 1. The van der Waals surface area contributed by atoms with Crippen LogP contribution in [0.1, 0.15) is 153 Å². The molecule has 12 fully saturated rings. The zero-order chi connectivity index (χ0) is 26.9. The fourth-order valence-electron chi connectivity index (χ4n) is 16.9. The van der Waals surface area contributed by atoms with Crippen molar-refractivity contribution in [1.82, 2.24) is 0 Å². The summed E-state index contributed by atoms with van der Waals surface area (Å²) >= 11 is 0. The van der Waals surface area contributed by atoms with Crippen molar-refractivity contribution in [3.63, 3.8) is 0 Å². The van der Waals surface area contributed by atoms with Gasteiger partial charge in [-0.1, -0.05) is 32.9 Å². The Kier molecular flexibility index (Phi) is 4.41. The first-order valence-corrected chi connectivity index (χ1v) is 17.8. The molecule has 12 saturated carbocycles. The van der Waals surface area contributed by atoms with Crippen molar-refractivity contribution in [2.45, 2.75) is 153 Å². The second kappa shape index (κ2) is 7.21. The number of hydrogen-bond acceptors (Lipinski definition) is 1. The third-order valence-electron chi connectivity index (χ3n) is 15.9. The van der Waals surface area contributed by atoms with Gasteiger partial charge in [-0.15, -0.1) is 0 Å². The van der Waals surface area contributed by atoms with Crippen LogP contribution in [-0.4, -0.2) is 5.11 Å². The summed E-state index contributed by atoms with van der Waals surface area (Å²) in [5.41, 5.74) is 7.11. The van der Waals surface area contributed by atoms with Gasteiger partial charge in [-0.2, -0.15) is 0 Å². The number of benzene rings is 1. The molecule has 0 aromatic heterocycles. The Morgan fingerprint density at radius 2 is 0.775 bits per heavy atom. The van der Waals surface area contributed by atoms with E-state index in [9.17, 15) is 5.11 Å². The van der Waals surface area contributed by atoms with E-state index in [1.54, 1.807) is 5.56 Å². The first-order valence-electron chi connectivity index (χ1n) is 17.8. The van der Waals surface area contributed by atoms with Gasteiger partial charge in [0.2, 0.25) is 0 Å². The zero-order valence-electron chi connectivity index (χ0n) is 25.8. The molecular formula is C39H54O. The van der Waals surface area contributed by atoms with Crippen molar-refractivity contribution in [2.24, 2.45) is 51.8 Å². The van der Waals surface area contributed by atoms with Crippen molar-refractivity contribution in [3.05, 3.63) is 28.8 Å². The topological polar surface area (TPSA) is 20.2 Å². The van der Waals surface area contributed by atoms with Crippen molar-refractivity contribution < 1.29 is 5.11 Å². The molecule has 1 heteroatoms. The summed E-state index contributed by atoms with van der Waals surface area (Å²) in [7, 11) is 0. The Morgan fingerprint density at radius 1 is 0.475 bits per heavy atom. The molecule has 12 bridgehead atoms. The zero-order valence-corrected chi connectivity index (χ0v) is 25.8. The fraction of sp³-hybridized carbons (Fsp3) is 0.846. The average Bonchev–Trinajstić information content (AvgIpc) is 2.79. The second-order valence-corrected chi connectivity index (χ2v) is 20.1. The van der Waals surface area contributed by atoms with E-state index in [1.165, 1.54) is 127 Å². The van der Waals surface area contributed by atoms with Gasteiger partial charge in [0, 0.05) is 22.0 Å². The fourth-order valence-corrected chi connectivity index (χ4v) is 16.9. The minimum Gasteiger partial charge on any atom is -0.507 e. The Bertz CT molecular complexity index is 1190. The standard InChI is InChI=1S/C39H54O/c1-34-9-24-4-25(10-34)16-37(15-24,21-34)30-7-31(38-17-26-5-27(18-38)12-35(2,11-26)22-38)33(40)32(8-30)39-19-28-6-29(20-39)14-36(3,13-28)23-39/h7-8,24-29,40H,4-6,9-23H2,1-3H3. The summed E-state index contributed by atoms with van der Waals surface area (Å²) in [6, 6.07) is 5.43. The average molecular weight is 539 g/mol. The minimum atomic E-state index is 0.242. The van der Waals surface area contributed by atoms with E-state index in [-0.39, 0.29) is 10.8 Å². The Balaban J connectivity index is 1.18. The molecule has 1 N–H and O–H groups in total. The predicted octanol–water partition coefficient (Wildman–Crippen LogP) is 9.97. The van der Waals surface area contributed by atoms with Crippen LogP contribution in [0.4, 0.5) is 0 Å². The van der Waals surface area contributed by atoms with E-state index in [2.05, 4.69) is 32.9 Å². The van der Waals surface area contributed by atoms with Crippen LogP contribution in [0.15, 0.2) is 12.1 Å². The lowest BCUT2D eigenvalue weighted by Gasteiger charge is -2.64. The molecule has 0 spiro atoms. The number of phenols is 1. The number of phenolic OH excluding ortho intramolecular Hbond substituents is 1. The Hall–Kier alpha value is -0.980. The second-order valence-electron chi connectivity index (χ2n) is 20.1. The van der Waals surface area contributed by atoms with Crippen molar-refractivity contribution >= 4 is 0 Å². The van der Waals surface area contributed by atoms with Gasteiger partial charge in [-0.05, 0) is 178 Å². The normalized spacial score (nSPS) is 58.3. The lowest BCUT2D eigenvalue weighted by Crippen LogP contribution is -2.55. The van der Waals surface area contributed by atoms with Crippen LogP contribution in [0.25, 0.3) is 0 Å². The minimum absolute atomic E-state index is 0.242. The molecule has 216 valence electrons. The Labute approximate surface area is 243 Å². The summed E-state index contributed by atoms with van der Waals surface area (Å²) in [5, 5.41) is 12.7. The first-order chi connectivity index (χ1) is 19.0. The highest BCUT2D eigenvalue weighted by Gasteiger charge is 2.61. The molecular weight excluding hydrogens is 484 g/mol. The highest BCUT2D eigenvalue weighted by atomic mass is 16.3. The van der Waals surface area contributed by atoms with Gasteiger partial charge < -0.3 is 5.11 Å². The quantitative estimate of drug-likeness (QED) is 0.406. The van der Waals surface area contributed by atoms with Crippen LogP contribution in [-0.2, 0) is 16.2 Å². The van der Waals surface area contributed by atoms with E-state index in [0.717, 1.165) is 41.3 Å². The molecule has 0 saturated heterocycles. The highest BCUT2D eigenvalue weighted by Crippen LogP contribution is 2.71. The van der Waals surface area contributed by atoms with Crippen molar-refractivity contribution in [2.75, 3.05) is 0 Å². The molecule has 6 atom stereocenters. The molecule has 1 aromatic carbocycles. The summed E-state index contributed by atoms with van der Waals surface area (Å²) < 4.78 is 0. The lowest BCUT2D eigenvalue weighted by atomic mass is 9.41. The van der Waals surface area contributed by atoms with Gasteiger partial charge >= 0.3 is 0 Å². The molecule has 6 unspecified atom stereocenters. The maximum atomic E-state index is 12.7. The molecule has 0 amide bonds. The van der Waals surface area contributed by atoms with Crippen LogP contribution in [0.2, 0.25) is 0 Å². The molecule has 0 radical (unpaired) electrons. The molecule has 12 aliphatic carbocycles. The van der Waals surface area contributed by atoms with Gasteiger partial charge in [-0.25, -0.2) is 0 Å². The molecule has 0 aliphatic heterocycles. The van der Waals surface area contributed by atoms with E-state index in [1.807, 2.05) is 0 Å². The predicted molar refractivity (Wildman–Crippen MR) is 162 cm³/mol. The third kappa shape index (κ3) is 3.17. The van der Waals surface area contributed by atoms with Crippen LogP contribution in [0, 0.1) is 51.8 Å². The summed E-state index contributed by atoms with van der Waals surface area (Å²) in [6.07, 6.45) is 25.7. The smallest absolute Gasteiger partial charge is 0.123 e. The van der Waals surface area contributed by atoms with E-state index >= 15 is 0 Å². The third-order valence-corrected chi connectivity index (χ3v) is 15.9. The van der Waals surface area contributed by atoms with Gasteiger partial charge in [-0.3, -0.25) is 0 Å². The van der Waals surface area contributed by atoms with Crippen molar-refractivity contribution in [1.29, 1.82) is 0 Å². The molecule has 12 aliphatic rings. The SMILES string of the molecule is CC12CC3CC(C1)CC(c1cc(C45CC6CC(CC(C)(C6)C4)C5)c(O)c(C45CC6CC(CC(C)(C6)C4)C5)c1)(C3)C2. The molecule has 1 aromatic rings. The van der Waals surface area contributed by atoms with Crippen LogP contribution >= 0.6 is 0 Å². The van der Waals surface area contributed by atoms with Gasteiger partial charge in [0.25, 0.3) is 0 Å². The first kappa shape index (κ1) is 24.5. The molecule has 1 nitrogen and oxygen atoms in total. The molecule has 40 heavy (non-hydrogen) atoms. The van der Waals surface area contributed by atoms with Crippen molar-refractivity contribution in [3.8, 4) is 5.75 Å². The lowest BCUT2D eigenvalue weighted by molar-refractivity contribution is -0.0674. The molecule has 0 heterocycles. The molecule has 13 rings (SSSR count). The van der Waals surface area contributed by atoms with Crippen LogP contribution in [0.5, 0.6) is 5.75 Å². The largest absolute Gasteiger partial charge is 0.507 e. The van der Waals surface area contributed by atoms with E-state index < -0.39 is 0 Å². The van der Waals surface area contributed by atoms with E-state index in [0.29, 0.717) is 21.7 Å². The monoisotopic (exact) mass is 538 g/mol. The van der Waals surface area contributed by atoms with Crippen LogP contribution < -0.4 is 0 Å². The Morgan fingerprint density at radius 3 is 1.10 bits per heavy atom. The van der Waals surface area contributed by atoms with Gasteiger partial charge in [0.05, 0.1) is 0 Å². The van der Waals surface area contributed by atoms with Crippen LogP contribution in [0.3, 0.4) is 0 Å². The summed E-state index contributed by atoms with van der Waals surface area (Å²) in [5.74, 6) is 6.30. The summed E-state index contributed by atoms with van der Waals surface area (Å²) in [6.45, 7) is 7.91. The summed E-state index contributed by atoms with van der Waals surface area (Å²) in [4.78, 5) is 0. The maximum absolute atomic E-state index is 12.7. The maximum Gasteiger partial charge on any atom is 0.123 e. The highest BCUT2D eigenvalue weighted by molar-refractivity contribution is 5.55. The van der Waals surface area contributed by atoms with E-state index in [4.69, 9.17) is 0 Å². The van der Waals surface area contributed by atoms with Gasteiger partial charge in [0.15, 0.2) is 0 Å².